The number of aliphatic hydroxyl groups is 1. The number of nitrogens with one attached hydrogen (secondary N) is 1. The minimum Gasteiger partial charge on any atom is -0.445 e. The summed E-state index contributed by atoms with van der Waals surface area (Å²) in [6, 6.07) is 11.5. The van der Waals surface area contributed by atoms with Gasteiger partial charge in [-0.3, -0.25) is 4.79 Å². The number of rotatable bonds is 4. The maximum absolute atomic E-state index is 13.3. The molecule has 9 nitrogen and oxygen atoms in total. The Kier molecular flexibility index (Phi) is 6.80. The van der Waals surface area contributed by atoms with Crippen molar-refractivity contribution >= 4 is 27.5 Å². The number of hydrogen-bond acceptors (Lipinski definition) is 7. The largest absolute Gasteiger partial charge is 0.445 e. The van der Waals surface area contributed by atoms with Gasteiger partial charge < -0.3 is 24.5 Å². The molecule has 0 bridgehead atoms. The van der Waals surface area contributed by atoms with Gasteiger partial charge in [-0.2, -0.15) is 5.10 Å². The third-order valence-electron chi connectivity index (χ3n) is 8.03. The predicted molar refractivity (Wildman–Crippen MR) is 153 cm³/mol. The van der Waals surface area contributed by atoms with Gasteiger partial charge in [-0.1, -0.05) is 51.1 Å². The van der Waals surface area contributed by atoms with Crippen molar-refractivity contribution in [2.75, 3.05) is 13.2 Å². The van der Waals surface area contributed by atoms with Gasteiger partial charge in [0.1, 0.15) is 23.1 Å². The lowest BCUT2D eigenvalue weighted by molar-refractivity contribution is -0.0977. The van der Waals surface area contributed by atoms with Crippen LogP contribution in [-0.4, -0.2) is 44.0 Å². The van der Waals surface area contributed by atoms with E-state index in [0.29, 0.717) is 10.4 Å². The van der Waals surface area contributed by atoms with Crippen LogP contribution >= 0.6 is 11.3 Å². The minimum absolute atomic E-state index is 0.00369. The fraction of sp³-hybridized carbons (Fsp3) is 0.433. The quantitative estimate of drug-likeness (QED) is 0.338. The molecule has 0 spiro atoms. The van der Waals surface area contributed by atoms with Crippen LogP contribution in [-0.2, 0) is 28.2 Å². The highest BCUT2D eigenvalue weighted by Crippen LogP contribution is 2.46. The third kappa shape index (κ3) is 4.74. The fourth-order valence-electron chi connectivity index (χ4n) is 5.53. The highest BCUT2D eigenvalue weighted by Gasteiger charge is 2.49. The maximum atomic E-state index is 13.3. The van der Waals surface area contributed by atoms with Gasteiger partial charge in [0.05, 0.1) is 25.0 Å². The van der Waals surface area contributed by atoms with Crippen LogP contribution in [0.4, 0.5) is 4.79 Å². The molecule has 1 amide bonds. The molecule has 2 aliphatic heterocycles. The number of β-amino-alcohol motifs (C(OH)–C–C–N with tert-alkyl or cyclic N) is 1. The molecule has 5 heterocycles. The van der Waals surface area contributed by atoms with Crippen molar-refractivity contribution in [2.24, 2.45) is 5.41 Å². The molecule has 3 aromatic heterocycles. The van der Waals surface area contributed by atoms with E-state index in [1.807, 2.05) is 68.0 Å². The van der Waals surface area contributed by atoms with E-state index >= 15 is 0 Å². The second-order valence-corrected chi connectivity index (χ2v) is 12.8. The Hall–Kier alpha value is -3.47. The molecule has 2 aliphatic rings. The topological polar surface area (TPSA) is 110 Å². The molecule has 1 aromatic carbocycles. The van der Waals surface area contributed by atoms with Gasteiger partial charge in [-0.15, -0.1) is 11.3 Å². The van der Waals surface area contributed by atoms with E-state index < -0.39 is 17.1 Å². The van der Waals surface area contributed by atoms with E-state index in [2.05, 4.69) is 10.1 Å². The van der Waals surface area contributed by atoms with Gasteiger partial charge in [0.2, 0.25) is 0 Å². The van der Waals surface area contributed by atoms with Gasteiger partial charge in [0, 0.05) is 34.2 Å². The molecule has 2 unspecified atom stereocenters. The Morgan fingerprint density at radius 3 is 2.80 bits per heavy atom. The standard InChI is InChI=1S/C30H34N4O5S/c1-29(2,3)30(37)18-33(28(36)39-17-19-9-5-4-6-10-19)16-22-21-13-23(40-25(21)27(35)32-26(22)30)20-14-31-34(15-20)24-11-7-8-12-38-24/h4-6,9-10,13-15,24,37H,7-8,11-12,16-18H2,1-3H3,(H,32,35). The number of thiophene rings is 1. The first kappa shape index (κ1) is 26.7. The molecule has 0 saturated carbocycles. The first-order valence-corrected chi connectivity index (χ1v) is 14.5. The zero-order valence-corrected chi connectivity index (χ0v) is 23.8. The summed E-state index contributed by atoms with van der Waals surface area (Å²) >= 11 is 1.38. The second kappa shape index (κ2) is 10.2. The van der Waals surface area contributed by atoms with Crippen LogP contribution in [0.2, 0.25) is 0 Å². The molecule has 210 valence electrons. The summed E-state index contributed by atoms with van der Waals surface area (Å²) in [7, 11) is 0. The van der Waals surface area contributed by atoms with Gasteiger partial charge in [0.25, 0.3) is 5.56 Å². The molecular weight excluding hydrogens is 528 g/mol. The summed E-state index contributed by atoms with van der Waals surface area (Å²) in [6.45, 7) is 6.78. The lowest BCUT2D eigenvalue weighted by atomic mass is 9.71. The van der Waals surface area contributed by atoms with E-state index in [0.717, 1.165) is 52.8 Å². The summed E-state index contributed by atoms with van der Waals surface area (Å²) < 4.78 is 13.9. The molecule has 0 radical (unpaired) electrons. The van der Waals surface area contributed by atoms with Crippen LogP contribution in [0.3, 0.4) is 0 Å². The smallest absolute Gasteiger partial charge is 0.410 e. The predicted octanol–water partition coefficient (Wildman–Crippen LogP) is 5.54. The molecule has 0 aliphatic carbocycles. The molecule has 1 fully saturated rings. The van der Waals surface area contributed by atoms with Crippen molar-refractivity contribution in [1.82, 2.24) is 19.7 Å². The first-order valence-electron chi connectivity index (χ1n) is 13.7. The van der Waals surface area contributed by atoms with E-state index in [1.165, 1.54) is 16.2 Å². The van der Waals surface area contributed by atoms with E-state index in [9.17, 15) is 14.7 Å². The van der Waals surface area contributed by atoms with Gasteiger partial charge in [-0.25, -0.2) is 9.48 Å². The Morgan fingerprint density at radius 1 is 1.27 bits per heavy atom. The van der Waals surface area contributed by atoms with Crippen LogP contribution < -0.4 is 5.56 Å². The third-order valence-corrected chi connectivity index (χ3v) is 9.21. The highest BCUT2D eigenvalue weighted by molar-refractivity contribution is 7.22. The summed E-state index contributed by atoms with van der Waals surface area (Å²) in [5.74, 6) is 0. The van der Waals surface area contributed by atoms with Crippen LogP contribution in [0, 0.1) is 5.41 Å². The van der Waals surface area contributed by atoms with Gasteiger partial charge in [0.15, 0.2) is 0 Å². The van der Waals surface area contributed by atoms with Crippen molar-refractivity contribution in [1.29, 1.82) is 0 Å². The number of nitrogens with zero attached hydrogens (tertiary/aromatic N) is 3. The summed E-state index contributed by atoms with van der Waals surface area (Å²) in [5.41, 5.74) is 0.524. The Balaban J connectivity index is 1.37. The average Bonchev–Trinajstić information content (AvgIpc) is 3.61. The molecular formula is C30H34N4O5S. The zero-order valence-electron chi connectivity index (χ0n) is 23.0. The summed E-state index contributed by atoms with van der Waals surface area (Å²) in [6.07, 6.45) is 6.24. The molecule has 2 N–H and O–H groups in total. The maximum Gasteiger partial charge on any atom is 0.410 e. The van der Waals surface area contributed by atoms with Gasteiger partial charge in [-0.05, 0) is 36.3 Å². The number of aromatic nitrogens is 3. The SMILES string of the molecule is CC(C)(C)C1(O)CN(C(=O)OCc2ccccc2)Cc2c1[nH]c(=O)c1sc(-c3cnn(C4CCCCO4)c3)cc21. The molecule has 40 heavy (non-hydrogen) atoms. The second-order valence-electron chi connectivity index (χ2n) is 11.7. The lowest BCUT2D eigenvalue weighted by Gasteiger charge is -2.47. The zero-order chi connectivity index (χ0) is 28.1. The van der Waals surface area contributed by atoms with Crippen LogP contribution in [0.1, 0.15) is 63.1 Å². The summed E-state index contributed by atoms with van der Waals surface area (Å²) in [4.78, 5) is 32.0. The van der Waals surface area contributed by atoms with Crippen LogP contribution in [0.25, 0.3) is 20.5 Å². The number of hydrogen-bond donors (Lipinski definition) is 2. The lowest BCUT2D eigenvalue weighted by Crippen LogP contribution is -2.55. The molecule has 2 atom stereocenters. The molecule has 6 rings (SSSR count). The average molecular weight is 563 g/mol. The van der Waals surface area contributed by atoms with E-state index in [-0.39, 0.29) is 31.5 Å². The first-order chi connectivity index (χ1) is 19.1. The number of carbonyl (C=O) groups excluding carboxylic acids is 1. The normalized spacial score (nSPS) is 21.4. The summed E-state index contributed by atoms with van der Waals surface area (Å²) in [5, 5.41) is 17.3. The number of carbonyl (C=O) groups is 1. The number of fused-ring (bicyclic) bond motifs is 3. The van der Waals surface area contributed by atoms with Crippen molar-refractivity contribution in [3.8, 4) is 10.4 Å². The number of ether oxygens (including phenoxy) is 2. The Morgan fingerprint density at radius 2 is 2.08 bits per heavy atom. The Labute approximate surface area is 236 Å². The minimum atomic E-state index is -1.50. The monoisotopic (exact) mass is 562 g/mol. The van der Waals surface area contributed by atoms with Crippen molar-refractivity contribution < 1.29 is 19.4 Å². The van der Waals surface area contributed by atoms with Crippen molar-refractivity contribution in [3.05, 3.63) is 76.0 Å². The van der Waals surface area contributed by atoms with E-state index in [4.69, 9.17) is 9.47 Å². The van der Waals surface area contributed by atoms with E-state index in [1.54, 1.807) is 6.20 Å². The van der Waals surface area contributed by atoms with Crippen molar-refractivity contribution in [3.63, 3.8) is 0 Å². The van der Waals surface area contributed by atoms with Crippen molar-refractivity contribution in [2.45, 2.75) is 65.0 Å². The highest BCUT2D eigenvalue weighted by atomic mass is 32.1. The molecule has 4 aromatic rings. The fourth-order valence-corrected chi connectivity index (χ4v) is 6.59. The van der Waals surface area contributed by atoms with Crippen LogP contribution in [0.15, 0.2) is 53.6 Å². The Bertz CT molecular complexity index is 1600. The molecule has 1 saturated heterocycles. The number of pyridine rings is 1. The molecule has 10 heteroatoms. The number of amides is 1. The number of H-pyrrole nitrogens is 1. The van der Waals surface area contributed by atoms with Gasteiger partial charge >= 0.3 is 6.09 Å². The number of benzene rings is 1. The van der Waals surface area contributed by atoms with Crippen LogP contribution in [0.5, 0.6) is 0 Å². The number of aromatic amines is 1.